The molecule has 0 N–H and O–H groups in total. The first-order chi connectivity index (χ1) is 10.0. The third-order valence-electron chi connectivity index (χ3n) is 2.84. The van der Waals surface area contributed by atoms with Crippen LogP contribution in [0.5, 0.6) is 0 Å². The highest BCUT2D eigenvalue weighted by atomic mass is 16.2. The van der Waals surface area contributed by atoms with Gasteiger partial charge in [-0.1, -0.05) is 56.9 Å². The van der Waals surface area contributed by atoms with Gasteiger partial charge in [0, 0.05) is 0 Å². The Morgan fingerprint density at radius 1 is 1.05 bits per heavy atom. The Morgan fingerprint density at radius 2 is 1.52 bits per heavy atom. The Bertz CT molecular complexity index is 576. The Morgan fingerprint density at radius 3 is 1.95 bits per heavy atom. The number of fused-ring (bicyclic) bond motifs is 1. The molecule has 1 aliphatic rings. The van der Waals surface area contributed by atoms with E-state index in [-0.39, 0.29) is 18.4 Å². The van der Waals surface area contributed by atoms with Crippen LogP contribution in [0.15, 0.2) is 60.7 Å². The molecule has 0 aliphatic carbocycles. The molecule has 1 heterocycles. The van der Waals surface area contributed by atoms with Crippen LogP contribution in [0.4, 0.5) is 0 Å². The van der Waals surface area contributed by atoms with E-state index in [1.165, 1.54) is 4.90 Å². The van der Waals surface area contributed by atoms with Crippen molar-refractivity contribution in [3.05, 3.63) is 71.8 Å². The number of hydrogen-bond acceptors (Lipinski definition) is 2. The maximum absolute atomic E-state index is 12.1. The molecule has 3 nitrogen and oxygen atoms in total. The smallest absolute Gasteiger partial charge is 0.261 e. The van der Waals surface area contributed by atoms with Gasteiger partial charge in [-0.05, 0) is 24.6 Å². The van der Waals surface area contributed by atoms with Gasteiger partial charge in [-0.15, -0.1) is 0 Å². The predicted molar refractivity (Wildman–Crippen MR) is 86.3 cm³/mol. The monoisotopic (exact) mass is 283 g/mol. The van der Waals surface area contributed by atoms with Gasteiger partial charge in [0.05, 0.1) is 17.7 Å². The summed E-state index contributed by atoms with van der Waals surface area (Å²) in [6.45, 7) is 13.7. The fourth-order valence-corrected chi connectivity index (χ4v) is 1.90. The van der Waals surface area contributed by atoms with Crippen LogP contribution in [-0.4, -0.2) is 23.3 Å². The average molecular weight is 283 g/mol. The lowest BCUT2D eigenvalue weighted by atomic mass is 10.1. The van der Waals surface area contributed by atoms with Crippen molar-refractivity contribution in [2.24, 2.45) is 0 Å². The van der Waals surface area contributed by atoms with E-state index < -0.39 is 0 Å². The number of benzene rings is 1. The topological polar surface area (TPSA) is 37.4 Å². The van der Waals surface area contributed by atoms with Crippen LogP contribution in [0.1, 0.15) is 41.5 Å². The molecule has 1 aromatic carbocycles. The van der Waals surface area contributed by atoms with Crippen LogP contribution in [0, 0.1) is 0 Å². The number of hydrogen-bond donors (Lipinski definition) is 0. The summed E-state index contributed by atoms with van der Waals surface area (Å²) >= 11 is 0. The first-order valence-corrected chi connectivity index (χ1v) is 6.97. The molecule has 0 saturated heterocycles. The minimum atomic E-state index is -0.259. The van der Waals surface area contributed by atoms with Gasteiger partial charge in [-0.25, -0.2) is 0 Å². The first-order valence-electron chi connectivity index (χ1n) is 6.97. The van der Waals surface area contributed by atoms with Gasteiger partial charge < -0.3 is 0 Å². The lowest BCUT2D eigenvalue weighted by Crippen LogP contribution is -2.31. The summed E-state index contributed by atoms with van der Waals surface area (Å²) in [5.41, 5.74) is 2.51. The van der Waals surface area contributed by atoms with Crippen molar-refractivity contribution in [1.29, 1.82) is 0 Å². The van der Waals surface area contributed by atoms with E-state index in [0.717, 1.165) is 5.57 Å². The van der Waals surface area contributed by atoms with Gasteiger partial charge in [0.15, 0.2) is 0 Å². The lowest BCUT2D eigenvalue weighted by Gasteiger charge is -2.13. The summed E-state index contributed by atoms with van der Waals surface area (Å²) in [7, 11) is 0. The number of amides is 2. The van der Waals surface area contributed by atoms with Crippen LogP contribution in [0.25, 0.3) is 0 Å². The summed E-state index contributed by atoms with van der Waals surface area (Å²) in [5.74, 6) is -0.518. The fourth-order valence-electron chi connectivity index (χ4n) is 1.90. The third kappa shape index (κ3) is 3.78. The van der Waals surface area contributed by atoms with Crippen molar-refractivity contribution in [2.45, 2.75) is 20.8 Å². The van der Waals surface area contributed by atoms with Gasteiger partial charge in [-0.3, -0.25) is 14.5 Å². The highest BCUT2D eigenvalue weighted by molar-refractivity contribution is 6.21. The average Bonchev–Trinajstić information content (AvgIpc) is 2.73. The van der Waals surface area contributed by atoms with Crippen molar-refractivity contribution in [3.63, 3.8) is 0 Å². The minimum Gasteiger partial charge on any atom is -0.270 e. The molecule has 0 aromatic heterocycles. The molecule has 3 heteroatoms. The normalized spacial score (nSPS) is 13.0. The van der Waals surface area contributed by atoms with E-state index in [4.69, 9.17) is 0 Å². The molecular weight excluding hydrogens is 262 g/mol. The van der Waals surface area contributed by atoms with Crippen molar-refractivity contribution in [3.8, 4) is 0 Å². The second-order valence-corrected chi connectivity index (χ2v) is 4.58. The molecule has 0 radical (unpaired) electrons. The van der Waals surface area contributed by atoms with E-state index in [9.17, 15) is 9.59 Å². The minimum absolute atomic E-state index is 0.204. The third-order valence-corrected chi connectivity index (χ3v) is 2.84. The van der Waals surface area contributed by atoms with Gasteiger partial charge in [0.25, 0.3) is 11.8 Å². The molecule has 0 spiro atoms. The summed E-state index contributed by atoms with van der Waals surface area (Å²) in [6.07, 6.45) is 3.58. The number of carbonyl (C=O) groups is 2. The molecule has 0 atom stereocenters. The number of nitrogens with zero attached hydrogens (tertiary/aromatic N) is 1. The molecule has 0 fully saturated rings. The molecule has 110 valence electrons. The molecule has 1 aromatic rings. The fraction of sp³-hybridized carbons (Fsp3) is 0.222. The van der Waals surface area contributed by atoms with Crippen molar-refractivity contribution in [2.75, 3.05) is 6.54 Å². The van der Waals surface area contributed by atoms with Gasteiger partial charge in [0.2, 0.25) is 0 Å². The molecular formula is C18H21NO2. The summed E-state index contributed by atoms with van der Waals surface area (Å²) in [4.78, 5) is 25.4. The molecule has 2 amide bonds. The first kappa shape index (κ1) is 16.6. The van der Waals surface area contributed by atoms with Gasteiger partial charge >= 0.3 is 0 Å². The van der Waals surface area contributed by atoms with Crippen molar-refractivity contribution < 1.29 is 9.59 Å². The van der Waals surface area contributed by atoms with Crippen LogP contribution < -0.4 is 0 Å². The number of rotatable bonds is 4. The highest BCUT2D eigenvalue weighted by Gasteiger charge is 2.34. The standard InChI is InChI=1S/C16H15NO2.C2H6/c1-11(2)8-9-12(3)10-17-15(18)13-6-4-5-7-14(13)16(17)19;1-2/h4-9H,1,3,10H2,2H3;1-2H3/b9-8-;. The Kier molecular flexibility index (Phi) is 5.85. The van der Waals surface area contributed by atoms with E-state index in [2.05, 4.69) is 13.2 Å². The Hall–Kier alpha value is -2.42. The van der Waals surface area contributed by atoms with Crippen LogP contribution in [0.2, 0.25) is 0 Å². The maximum Gasteiger partial charge on any atom is 0.261 e. The van der Waals surface area contributed by atoms with Gasteiger partial charge in [0.1, 0.15) is 0 Å². The maximum atomic E-state index is 12.1. The van der Waals surface area contributed by atoms with Crippen LogP contribution >= 0.6 is 0 Å². The summed E-state index contributed by atoms with van der Waals surface area (Å²) < 4.78 is 0. The number of allylic oxidation sites excluding steroid dienone is 2. The molecule has 2 rings (SSSR count). The summed E-state index contributed by atoms with van der Waals surface area (Å²) in [5, 5.41) is 0. The zero-order valence-electron chi connectivity index (χ0n) is 12.8. The quantitative estimate of drug-likeness (QED) is 0.618. The molecule has 21 heavy (non-hydrogen) atoms. The SMILES string of the molecule is C=C(C)/C=C\C(=C)CN1C(=O)c2ccccc2C1=O.CC. The Balaban J connectivity index is 0.00000106. The van der Waals surface area contributed by atoms with Crippen LogP contribution in [0.3, 0.4) is 0 Å². The number of imide groups is 1. The van der Waals surface area contributed by atoms with E-state index in [0.29, 0.717) is 16.7 Å². The van der Waals surface area contributed by atoms with Crippen LogP contribution in [-0.2, 0) is 0 Å². The largest absolute Gasteiger partial charge is 0.270 e. The lowest BCUT2D eigenvalue weighted by molar-refractivity contribution is 0.0669. The zero-order chi connectivity index (χ0) is 16.0. The second-order valence-electron chi connectivity index (χ2n) is 4.58. The Labute approximate surface area is 126 Å². The molecule has 0 saturated carbocycles. The van der Waals surface area contributed by atoms with Crippen molar-refractivity contribution >= 4 is 11.8 Å². The molecule has 1 aliphatic heterocycles. The predicted octanol–water partition coefficient (Wildman–Crippen LogP) is 4.00. The van der Waals surface area contributed by atoms with E-state index in [1.54, 1.807) is 36.4 Å². The van der Waals surface area contributed by atoms with Crippen molar-refractivity contribution in [1.82, 2.24) is 4.90 Å². The van der Waals surface area contributed by atoms with E-state index in [1.807, 2.05) is 20.8 Å². The summed E-state index contributed by atoms with van der Waals surface area (Å²) in [6, 6.07) is 6.84. The second kappa shape index (κ2) is 7.39. The highest BCUT2D eigenvalue weighted by Crippen LogP contribution is 2.23. The zero-order valence-corrected chi connectivity index (χ0v) is 12.8. The van der Waals surface area contributed by atoms with Gasteiger partial charge in [-0.2, -0.15) is 0 Å². The molecule has 0 bridgehead atoms. The van der Waals surface area contributed by atoms with E-state index >= 15 is 0 Å². The number of carbonyl (C=O) groups excluding carboxylic acids is 2. The molecule has 0 unspecified atom stereocenters.